The summed E-state index contributed by atoms with van der Waals surface area (Å²) in [5.41, 5.74) is 0.591. The van der Waals surface area contributed by atoms with Crippen molar-refractivity contribution in [2.75, 3.05) is 25.0 Å². The van der Waals surface area contributed by atoms with E-state index in [0.717, 1.165) is 0 Å². The summed E-state index contributed by atoms with van der Waals surface area (Å²) < 4.78 is 26.5. The number of nitrogens with one attached hydrogen (secondary N) is 2. The molecule has 0 bridgehead atoms. The molecule has 0 aliphatic heterocycles. The Morgan fingerprint density at radius 3 is 2.63 bits per heavy atom. The molecule has 1 rings (SSSR count). The van der Waals surface area contributed by atoms with E-state index in [1.807, 2.05) is 6.92 Å². The highest BCUT2D eigenvalue weighted by Crippen LogP contribution is 2.21. The van der Waals surface area contributed by atoms with Gasteiger partial charge in [0, 0.05) is 19.7 Å². The van der Waals surface area contributed by atoms with Crippen molar-refractivity contribution in [3.05, 3.63) is 24.3 Å². The predicted molar refractivity (Wildman–Crippen MR) is 76.7 cm³/mol. The summed E-state index contributed by atoms with van der Waals surface area (Å²) in [5.74, 6) is 0.278. The molecular weight excluding hydrogens is 264 g/mol. The smallest absolute Gasteiger partial charge is 0.242 e. The lowest BCUT2D eigenvalue weighted by atomic mass is 10.1. The average molecular weight is 286 g/mol. The fourth-order valence-electron chi connectivity index (χ4n) is 1.72. The summed E-state index contributed by atoms with van der Waals surface area (Å²) >= 11 is 0. The number of hydrogen-bond donors (Lipinski definition) is 3. The standard InChI is InChI=1S/C13H22N2O3S/c1-3-15-19(17,18)13-7-5-4-6-12(13)14-10-11(2)8-9-16/h4-7,11,14-16H,3,8-10H2,1-2H3. The number of benzene rings is 1. The summed E-state index contributed by atoms with van der Waals surface area (Å²) in [4.78, 5) is 0.257. The van der Waals surface area contributed by atoms with Crippen LogP contribution in [0.1, 0.15) is 20.3 Å². The van der Waals surface area contributed by atoms with E-state index in [0.29, 0.717) is 25.2 Å². The van der Waals surface area contributed by atoms with Gasteiger partial charge in [-0.3, -0.25) is 0 Å². The van der Waals surface area contributed by atoms with E-state index in [-0.39, 0.29) is 17.4 Å². The van der Waals surface area contributed by atoms with Crippen molar-refractivity contribution in [3.63, 3.8) is 0 Å². The molecule has 6 heteroatoms. The second-order valence-electron chi connectivity index (χ2n) is 4.50. The van der Waals surface area contributed by atoms with E-state index < -0.39 is 10.0 Å². The molecule has 0 radical (unpaired) electrons. The molecule has 0 saturated carbocycles. The minimum atomic E-state index is -3.46. The third-order valence-electron chi connectivity index (χ3n) is 2.77. The number of anilines is 1. The van der Waals surface area contributed by atoms with E-state index in [1.165, 1.54) is 0 Å². The first-order valence-corrected chi connectivity index (χ1v) is 7.93. The van der Waals surface area contributed by atoms with Gasteiger partial charge in [-0.2, -0.15) is 0 Å². The van der Waals surface area contributed by atoms with Gasteiger partial charge in [0.1, 0.15) is 4.90 Å². The molecule has 0 aliphatic carbocycles. The van der Waals surface area contributed by atoms with Crippen molar-refractivity contribution in [3.8, 4) is 0 Å². The van der Waals surface area contributed by atoms with E-state index in [2.05, 4.69) is 10.0 Å². The fraction of sp³-hybridized carbons (Fsp3) is 0.538. The Morgan fingerprint density at radius 2 is 2.00 bits per heavy atom. The van der Waals surface area contributed by atoms with Gasteiger partial charge < -0.3 is 10.4 Å². The summed E-state index contributed by atoms with van der Waals surface area (Å²) in [6, 6.07) is 6.82. The number of para-hydroxylation sites is 1. The Kier molecular flexibility index (Phi) is 6.27. The van der Waals surface area contributed by atoms with Crippen molar-refractivity contribution in [2.45, 2.75) is 25.2 Å². The van der Waals surface area contributed by atoms with Crippen LogP contribution in [0.2, 0.25) is 0 Å². The molecule has 0 amide bonds. The van der Waals surface area contributed by atoms with Gasteiger partial charge in [0.15, 0.2) is 0 Å². The molecule has 1 aromatic rings. The lowest BCUT2D eigenvalue weighted by Crippen LogP contribution is -2.24. The van der Waals surface area contributed by atoms with Crippen LogP contribution in [0.5, 0.6) is 0 Å². The molecular formula is C13H22N2O3S. The van der Waals surface area contributed by atoms with Crippen molar-refractivity contribution >= 4 is 15.7 Å². The van der Waals surface area contributed by atoms with E-state index in [1.54, 1.807) is 31.2 Å². The van der Waals surface area contributed by atoms with Gasteiger partial charge in [-0.05, 0) is 24.5 Å². The van der Waals surface area contributed by atoms with Crippen molar-refractivity contribution in [2.24, 2.45) is 5.92 Å². The highest BCUT2D eigenvalue weighted by Gasteiger charge is 2.17. The van der Waals surface area contributed by atoms with Crippen LogP contribution in [0.25, 0.3) is 0 Å². The van der Waals surface area contributed by atoms with Gasteiger partial charge in [-0.15, -0.1) is 0 Å². The maximum atomic E-state index is 12.0. The topological polar surface area (TPSA) is 78.4 Å². The average Bonchev–Trinajstić information content (AvgIpc) is 2.37. The third-order valence-corrected chi connectivity index (χ3v) is 4.38. The zero-order chi connectivity index (χ0) is 14.3. The van der Waals surface area contributed by atoms with Crippen LogP contribution in [0.3, 0.4) is 0 Å². The van der Waals surface area contributed by atoms with E-state index in [9.17, 15) is 8.42 Å². The largest absolute Gasteiger partial charge is 0.396 e. The Labute approximate surface area is 115 Å². The van der Waals surface area contributed by atoms with Crippen LogP contribution in [0.4, 0.5) is 5.69 Å². The minimum absolute atomic E-state index is 0.139. The Hall–Kier alpha value is -1.11. The van der Waals surface area contributed by atoms with Crippen LogP contribution in [0.15, 0.2) is 29.2 Å². The Balaban J connectivity index is 2.85. The number of aliphatic hydroxyl groups excluding tert-OH is 1. The molecule has 0 fully saturated rings. The summed E-state index contributed by atoms with van der Waals surface area (Å²) in [6.07, 6.45) is 0.690. The SMILES string of the molecule is CCNS(=O)(=O)c1ccccc1NCC(C)CCO. The predicted octanol–water partition coefficient (Wildman–Crippen LogP) is 1.42. The lowest BCUT2D eigenvalue weighted by molar-refractivity contribution is 0.266. The van der Waals surface area contributed by atoms with E-state index >= 15 is 0 Å². The third kappa shape index (κ3) is 4.81. The monoisotopic (exact) mass is 286 g/mol. The first-order valence-electron chi connectivity index (χ1n) is 6.44. The first kappa shape index (κ1) is 15.9. The number of rotatable bonds is 8. The van der Waals surface area contributed by atoms with Gasteiger partial charge >= 0.3 is 0 Å². The Bertz CT molecular complexity index is 488. The van der Waals surface area contributed by atoms with Crippen LogP contribution in [0, 0.1) is 5.92 Å². The molecule has 1 atom stereocenters. The zero-order valence-electron chi connectivity index (χ0n) is 11.4. The van der Waals surface area contributed by atoms with Crippen molar-refractivity contribution in [1.82, 2.24) is 4.72 Å². The second kappa shape index (κ2) is 7.47. The minimum Gasteiger partial charge on any atom is -0.396 e. The van der Waals surface area contributed by atoms with Crippen molar-refractivity contribution < 1.29 is 13.5 Å². The molecule has 19 heavy (non-hydrogen) atoms. The molecule has 108 valence electrons. The summed E-state index contributed by atoms with van der Waals surface area (Å²) in [5, 5.41) is 12.0. The number of aliphatic hydroxyl groups is 1. The van der Waals surface area contributed by atoms with Gasteiger partial charge in [-0.25, -0.2) is 13.1 Å². The van der Waals surface area contributed by atoms with Crippen LogP contribution < -0.4 is 10.0 Å². The maximum Gasteiger partial charge on any atom is 0.242 e. The van der Waals surface area contributed by atoms with Gasteiger partial charge in [0.05, 0.1) is 5.69 Å². The molecule has 0 spiro atoms. The van der Waals surface area contributed by atoms with Crippen LogP contribution in [-0.2, 0) is 10.0 Å². The molecule has 0 heterocycles. The Morgan fingerprint density at radius 1 is 1.32 bits per heavy atom. The quantitative estimate of drug-likeness (QED) is 0.675. The summed E-state index contributed by atoms with van der Waals surface area (Å²) in [7, 11) is -3.46. The lowest BCUT2D eigenvalue weighted by Gasteiger charge is -2.15. The molecule has 0 aromatic heterocycles. The molecule has 0 aliphatic rings. The molecule has 1 unspecified atom stereocenters. The molecule has 0 saturated heterocycles. The highest BCUT2D eigenvalue weighted by molar-refractivity contribution is 7.89. The fourth-order valence-corrected chi connectivity index (χ4v) is 2.94. The number of sulfonamides is 1. The molecule has 1 aromatic carbocycles. The zero-order valence-corrected chi connectivity index (χ0v) is 12.2. The molecule has 3 N–H and O–H groups in total. The first-order chi connectivity index (χ1) is 9.01. The maximum absolute atomic E-state index is 12.0. The normalized spacial score (nSPS) is 13.2. The second-order valence-corrected chi connectivity index (χ2v) is 6.23. The van der Waals surface area contributed by atoms with Gasteiger partial charge in [-0.1, -0.05) is 26.0 Å². The molecule has 5 nitrogen and oxygen atoms in total. The number of hydrogen-bond acceptors (Lipinski definition) is 4. The van der Waals surface area contributed by atoms with Gasteiger partial charge in [0.25, 0.3) is 0 Å². The summed E-state index contributed by atoms with van der Waals surface area (Å²) in [6.45, 7) is 4.87. The van der Waals surface area contributed by atoms with Crippen LogP contribution >= 0.6 is 0 Å². The van der Waals surface area contributed by atoms with Gasteiger partial charge in [0.2, 0.25) is 10.0 Å². The van der Waals surface area contributed by atoms with Crippen LogP contribution in [-0.4, -0.2) is 33.2 Å². The van der Waals surface area contributed by atoms with Crippen molar-refractivity contribution in [1.29, 1.82) is 0 Å². The van der Waals surface area contributed by atoms with E-state index in [4.69, 9.17) is 5.11 Å². The highest BCUT2D eigenvalue weighted by atomic mass is 32.2.